The van der Waals surface area contributed by atoms with Gasteiger partial charge in [-0.3, -0.25) is 5.84 Å². The van der Waals surface area contributed by atoms with Crippen LogP contribution in [0.25, 0.3) is 0 Å². The molecule has 0 fully saturated rings. The SMILES string of the molecule is CCCc1nnsc1C(NN)c1c(F)ccc(Br)c1F. The molecule has 0 radical (unpaired) electrons. The Morgan fingerprint density at radius 2 is 2.20 bits per heavy atom. The lowest BCUT2D eigenvalue weighted by Gasteiger charge is -2.17. The third kappa shape index (κ3) is 2.88. The number of nitrogens with two attached hydrogens (primary N) is 1. The fourth-order valence-corrected chi connectivity index (χ4v) is 3.06. The highest BCUT2D eigenvalue weighted by Gasteiger charge is 2.26. The van der Waals surface area contributed by atoms with E-state index in [2.05, 4.69) is 30.9 Å². The standard InChI is InChI=1S/C12H13BrF2N4S/c1-2-3-8-12(20-19-18-8)11(17-16)9-7(14)5-4-6(13)10(9)15/h4-5,11,17H,2-3,16H2,1H3. The van der Waals surface area contributed by atoms with Crippen molar-refractivity contribution in [3.63, 3.8) is 0 Å². The molecule has 0 aliphatic rings. The molecule has 0 spiro atoms. The summed E-state index contributed by atoms with van der Waals surface area (Å²) in [6, 6.07) is 1.70. The molecule has 4 nitrogen and oxygen atoms in total. The summed E-state index contributed by atoms with van der Waals surface area (Å²) in [7, 11) is 0. The van der Waals surface area contributed by atoms with Crippen LogP contribution in [0.3, 0.4) is 0 Å². The summed E-state index contributed by atoms with van der Waals surface area (Å²) in [5.41, 5.74) is 3.03. The Kier molecular flexibility index (Phi) is 5.14. The molecule has 1 heterocycles. The van der Waals surface area contributed by atoms with Crippen molar-refractivity contribution >= 4 is 27.5 Å². The predicted molar refractivity (Wildman–Crippen MR) is 77.1 cm³/mol. The summed E-state index contributed by atoms with van der Waals surface area (Å²) in [4.78, 5) is 0.630. The quantitative estimate of drug-likeness (QED) is 0.487. The van der Waals surface area contributed by atoms with Crippen LogP contribution in [0.1, 0.15) is 35.5 Å². The topological polar surface area (TPSA) is 63.8 Å². The predicted octanol–water partition coefficient (Wildman–Crippen LogP) is 3.08. The molecule has 0 saturated heterocycles. The van der Waals surface area contributed by atoms with Crippen LogP contribution in [0.4, 0.5) is 8.78 Å². The van der Waals surface area contributed by atoms with E-state index in [1.54, 1.807) is 0 Å². The first-order chi connectivity index (χ1) is 9.60. The van der Waals surface area contributed by atoms with Crippen molar-refractivity contribution in [3.8, 4) is 0 Å². The summed E-state index contributed by atoms with van der Waals surface area (Å²) in [6.07, 6.45) is 1.54. The number of nitrogens with one attached hydrogen (secondary N) is 1. The summed E-state index contributed by atoms with van der Waals surface area (Å²) in [5.74, 6) is 4.16. The number of rotatable bonds is 5. The number of hydrogen-bond acceptors (Lipinski definition) is 5. The van der Waals surface area contributed by atoms with Crippen LogP contribution in [0.15, 0.2) is 16.6 Å². The van der Waals surface area contributed by atoms with Gasteiger partial charge in [0.2, 0.25) is 0 Å². The molecule has 0 saturated carbocycles. The Labute approximate surface area is 127 Å². The van der Waals surface area contributed by atoms with Crippen LogP contribution in [0.2, 0.25) is 0 Å². The summed E-state index contributed by atoms with van der Waals surface area (Å²) in [5, 5.41) is 4.00. The van der Waals surface area contributed by atoms with Gasteiger partial charge in [0.05, 0.1) is 21.1 Å². The van der Waals surface area contributed by atoms with Crippen molar-refractivity contribution in [1.82, 2.24) is 15.0 Å². The molecular weight excluding hydrogens is 350 g/mol. The minimum absolute atomic E-state index is 0.134. The van der Waals surface area contributed by atoms with Gasteiger partial charge in [-0.15, -0.1) is 5.10 Å². The molecule has 0 aliphatic carbocycles. The van der Waals surface area contributed by atoms with Crippen LogP contribution in [0.5, 0.6) is 0 Å². The van der Waals surface area contributed by atoms with E-state index in [9.17, 15) is 8.78 Å². The lowest BCUT2D eigenvalue weighted by atomic mass is 10.0. The number of aryl methyl sites for hydroxylation is 1. The average molecular weight is 363 g/mol. The third-order valence-electron chi connectivity index (χ3n) is 2.87. The highest BCUT2D eigenvalue weighted by atomic mass is 79.9. The summed E-state index contributed by atoms with van der Waals surface area (Å²) < 4.78 is 32.2. The number of nitrogens with zero attached hydrogens (tertiary/aromatic N) is 2. The first kappa shape index (κ1) is 15.4. The molecule has 0 amide bonds. The maximum atomic E-state index is 14.2. The lowest BCUT2D eigenvalue weighted by molar-refractivity contribution is 0.508. The molecule has 2 aromatic rings. The van der Waals surface area contributed by atoms with Crippen LogP contribution < -0.4 is 11.3 Å². The zero-order valence-corrected chi connectivity index (χ0v) is 13.1. The van der Waals surface area contributed by atoms with Gasteiger partial charge in [0.1, 0.15) is 11.6 Å². The second-order valence-electron chi connectivity index (χ2n) is 4.19. The van der Waals surface area contributed by atoms with E-state index in [4.69, 9.17) is 5.84 Å². The molecule has 0 aliphatic heterocycles. The molecule has 2 rings (SSSR count). The highest BCUT2D eigenvalue weighted by molar-refractivity contribution is 9.10. The van der Waals surface area contributed by atoms with Crippen LogP contribution in [-0.4, -0.2) is 9.59 Å². The first-order valence-corrected chi connectivity index (χ1v) is 7.57. The summed E-state index contributed by atoms with van der Waals surface area (Å²) >= 11 is 4.14. The van der Waals surface area contributed by atoms with Crippen molar-refractivity contribution in [2.45, 2.75) is 25.8 Å². The van der Waals surface area contributed by atoms with E-state index in [0.29, 0.717) is 17.0 Å². The molecule has 1 aromatic carbocycles. The molecule has 1 unspecified atom stereocenters. The van der Waals surface area contributed by atoms with Crippen molar-refractivity contribution in [1.29, 1.82) is 0 Å². The second-order valence-corrected chi connectivity index (χ2v) is 5.83. The molecule has 20 heavy (non-hydrogen) atoms. The van der Waals surface area contributed by atoms with Gasteiger partial charge in [-0.25, -0.2) is 14.2 Å². The number of hydrazine groups is 1. The van der Waals surface area contributed by atoms with Gasteiger partial charge in [-0.05, 0) is 46.0 Å². The van der Waals surface area contributed by atoms with Gasteiger partial charge in [0.15, 0.2) is 0 Å². The molecule has 1 aromatic heterocycles. The average Bonchev–Trinajstić information content (AvgIpc) is 2.88. The lowest BCUT2D eigenvalue weighted by Crippen LogP contribution is -2.30. The molecular formula is C12H13BrF2N4S. The van der Waals surface area contributed by atoms with E-state index < -0.39 is 17.7 Å². The maximum Gasteiger partial charge on any atom is 0.145 e. The minimum Gasteiger partial charge on any atom is -0.271 e. The van der Waals surface area contributed by atoms with Gasteiger partial charge < -0.3 is 0 Å². The number of benzene rings is 1. The Morgan fingerprint density at radius 1 is 1.45 bits per heavy atom. The highest BCUT2D eigenvalue weighted by Crippen LogP contribution is 2.33. The van der Waals surface area contributed by atoms with Crippen LogP contribution in [0, 0.1) is 11.6 Å². The molecule has 8 heteroatoms. The Bertz CT molecular complexity index is 605. The van der Waals surface area contributed by atoms with Gasteiger partial charge >= 0.3 is 0 Å². The van der Waals surface area contributed by atoms with Crippen molar-refractivity contribution in [3.05, 3.63) is 44.4 Å². The van der Waals surface area contributed by atoms with Crippen molar-refractivity contribution in [2.24, 2.45) is 5.84 Å². The largest absolute Gasteiger partial charge is 0.271 e. The van der Waals surface area contributed by atoms with E-state index in [0.717, 1.165) is 18.0 Å². The number of halogens is 3. The van der Waals surface area contributed by atoms with Crippen molar-refractivity contribution < 1.29 is 8.78 Å². The number of aromatic nitrogens is 2. The maximum absolute atomic E-state index is 14.2. The Morgan fingerprint density at radius 3 is 2.85 bits per heavy atom. The fraction of sp³-hybridized carbons (Fsp3) is 0.333. The van der Waals surface area contributed by atoms with Crippen molar-refractivity contribution in [2.75, 3.05) is 0 Å². The molecule has 3 N–H and O–H groups in total. The zero-order valence-electron chi connectivity index (χ0n) is 10.7. The van der Waals surface area contributed by atoms with Gasteiger partial charge in [0.25, 0.3) is 0 Å². The number of hydrogen-bond donors (Lipinski definition) is 2. The Balaban J connectivity index is 2.53. The van der Waals surface area contributed by atoms with Gasteiger partial charge in [0, 0.05) is 5.56 Å². The van der Waals surface area contributed by atoms with E-state index in [1.165, 1.54) is 12.1 Å². The Hall–Kier alpha value is -0.960. The van der Waals surface area contributed by atoms with Crippen LogP contribution in [-0.2, 0) is 6.42 Å². The zero-order chi connectivity index (χ0) is 14.7. The smallest absolute Gasteiger partial charge is 0.145 e. The first-order valence-electron chi connectivity index (χ1n) is 6.00. The molecule has 0 bridgehead atoms. The van der Waals surface area contributed by atoms with E-state index in [1.807, 2.05) is 6.92 Å². The minimum atomic E-state index is -0.811. The fourth-order valence-electron chi connectivity index (χ4n) is 1.94. The molecule has 108 valence electrons. The second kappa shape index (κ2) is 6.66. The normalized spacial score (nSPS) is 12.7. The van der Waals surface area contributed by atoms with Crippen LogP contribution >= 0.6 is 27.5 Å². The third-order valence-corrected chi connectivity index (χ3v) is 4.31. The summed E-state index contributed by atoms with van der Waals surface area (Å²) in [6.45, 7) is 1.99. The van der Waals surface area contributed by atoms with E-state index >= 15 is 0 Å². The molecule has 1 atom stereocenters. The monoisotopic (exact) mass is 362 g/mol. The van der Waals surface area contributed by atoms with Gasteiger partial charge in [-0.2, -0.15) is 0 Å². The van der Waals surface area contributed by atoms with E-state index in [-0.39, 0.29) is 10.0 Å². The van der Waals surface area contributed by atoms with Gasteiger partial charge in [-0.1, -0.05) is 17.8 Å².